The van der Waals surface area contributed by atoms with E-state index in [1.807, 2.05) is 36.4 Å². The molecule has 20 heavy (non-hydrogen) atoms. The fraction of sp³-hybridized carbons (Fsp3) is 0.143. The lowest BCUT2D eigenvalue weighted by Gasteiger charge is -2.04. The maximum atomic E-state index is 6.11. The molecule has 2 aromatic carbocycles. The molecule has 0 aliphatic carbocycles. The molecular weight excluding hydrogens is 367 g/mol. The van der Waals surface area contributed by atoms with Gasteiger partial charge >= 0.3 is 0 Å². The minimum absolute atomic E-state index is 0.842. The molecule has 2 aromatic rings. The Morgan fingerprint density at radius 3 is 1.45 bits per heavy atom. The zero-order valence-corrected chi connectivity index (χ0v) is 15.2. The summed E-state index contributed by atoms with van der Waals surface area (Å²) in [5.74, 6) is 1.84. The molecule has 0 saturated carbocycles. The summed E-state index contributed by atoms with van der Waals surface area (Å²) in [5.41, 5.74) is 2.37. The van der Waals surface area contributed by atoms with Crippen molar-refractivity contribution in [3.8, 4) is 0 Å². The Kier molecular flexibility index (Phi) is 7.92. The SMILES string of the molecule is Clc1ccccc1CSSSSCc1ccccc1Cl. The molecule has 2 rings (SSSR count). The highest BCUT2D eigenvalue weighted by Crippen LogP contribution is 2.46. The van der Waals surface area contributed by atoms with Crippen LogP contribution in [0.5, 0.6) is 0 Å². The van der Waals surface area contributed by atoms with Gasteiger partial charge in [-0.1, -0.05) is 81.2 Å². The van der Waals surface area contributed by atoms with E-state index in [0.29, 0.717) is 0 Å². The predicted octanol–water partition coefficient (Wildman–Crippen LogP) is 7.37. The van der Waals surface area contributed by atoms with E-state index in [-0.39, 0.29) is 0 Å². The highest BCUT2D eigenvalue weighted by molar-refractivity contribution is 9.25. The van der Waals surface area contributed by atoms with Gasteiger partial charge in [0.15, 0.2) is 0 Å². The average molecular weight is 379 g/mol. The molecule has 0 spiro atoms. The van der Waals surface area contributed by atoms with Crippen LogP contribution in [0.2, 0.25) is 10.0 Å². The van der Waals surface area contributed by atoms with E-state index in [2.05, 4.69) is 12.1 Å². The molecule has 0 saturated heterocycles. The van der Waals surface area contributed by atoms with Gasteiger partial charge in [0.1, 0.15) is 0 Å². The first-order valence-corrected chi connectivity index (χ1v) is 11.7. The second-order valence-corrected chi connectivity index (χ2v) is 10.7. The van der Waals surface area contributed by atoms with Gasteiger partial charge in [-0.3, -0.25) is 0 Å². The van der Waals surface area contributed by atoms with Crippen molar-refractivity contribution in [2.75, 3.05) is 0 Å². The normalized spacial score (nSPS) is 10.7. The first-order chi connectivity index (χ1) is 9.77. The van der Waals surface area contributed by atoms with Crippen LogP contribution in [0.1, 0.15) is 11.1 Å². The molecule has 0 aliphatic rings. The summed E-state index contributed by atoms with van der Waals surface area (Å²) in [6, 6.07) is 15.9. The van der Waals surface area contributed by atoms with E-state index in [0.717, 1.165) is 21.6 Å². The van der Waals surface area contributed by atoms with Crippen LogP contribution in [0.15, 0.2) is 48.5 Å². The molecule has 0 radical (unpaired) electrons. The maximum absolute atomic E-state index is 6.11. The Bertz CT molecular complexity index is 499. The molecule has 106 valence electrons. The largest absolute Gasteiger partial charge is 0.0840 e. The van der Waals surface area contributed by atoms with E-state index in [9.17, 15) is 0 Å². The number of rotatable bonds is 7. The van der Waals surface area contributed by atoms with E-state index >= 15 is 0 Å². The lowest BCUT2D eigenvalue weighted by molar-refractivity contribution is 1.43. The third-order valence-corrected chi connectivity index (χ3v) is 9.49. The van der Waals surface area contributed by atoms with Gasteiger partial charge in [-0.05, 0) is 42.9 Å². The summed E-state index contributed by atoms with van der Waals surface area (Å²) in [6.07, 6.45) is 0. The van der Waals surface area contributed by atoms with Crippen LogP contribution in [-0.2, 0) is 11.5 Å². The van der Waals surface area contributed by atoms with E-state index in [1.165, 1.54) is 11.1 Å². The standard InChI is InChI=1S/C14H12Cl2S4/c15-13-7-3-1-5-11(13)9-17-19-20-18-10-12-6-2-4-8-14(12)16/h1-8H,9-10H2. The van der Waals surface area contributed by atoms with Crippen molar-refractivity contribution in [3.05, 3.63) is 69.7 Å². The van der Waals surface area contributed by atoms with Crippen molar-refractivity contribution in [3.63, 3.8) is 0 Å². The van der Waals surface area contributed by atoms with Crippen LogP contribution in [-0.4, -0.2) is 0 Å². The number of hydrogen-bond donors (Lipinski definition) is 0. The molecule has 0 heterocycles. The summed E-state index contributed by atoms with van der Waals surface area (Å²) in [6.45, 7) is 0. The molecule has 0 atom stereocenters. The summed E-state index contributed by atoms with van der Waals surface area (Å²) < 4.78 is 0. The van der Waals surface area contributed by atoms with Crippen LogP contribution >= 0.6 is 64.4 Å². The minimum atomic E-state index is 0.842. The van der Waals surface area contributed by atoms with Crippen LogP contribution in [0.4, 0.5) is 0 Å². The fourth-order valence-corrected chi connectivity index (χ4v) is 7.92. The summed E-state index contributed by atoms with van der Waals surface area (Å²) in [7, 11) is 7.16. The molecule has 0 bridgehead atoms. The lowest BCUT2D eigenvalue weighted by atomic mass is 10.2. The highest BCUT2D eigenvalue weighted by atomic mass is 35.5. The van der Waals surface area contributed by atoms with Crippen LogP contribution in [0, 0.1) is 0 Å². The van der Waals surface area contributed by atoms with E-state index in [4.69, 9.17) is 23.2 Å². The van der Waals surface area contributed by atoms with Crippen molar-refractivity contribution >= 4 is 64.4 Å². The molecule has 0 N–H and O–H groups in total. The topological polar surface area (TPSA) is 0 Å². The van der Waals surface area contributed by atoms with Gasteiger partial charge in [-0.15, -0.1) is 0 Å². The van der Waals surface area contributed by atoms with Crippen molar-refractivity contribution in [2.45, 2.75) is 11.5 Å². The Balaban J connectivity index is 1.63. The smallest absolute Gasteiger partial charge is 0.0446 e. The number of benzene rings is 2. The zero-order chi connectivity index (χ0) is 14.2. The van der Waals surface area contributed by atoms with Crippen molar-refractivity contribution in [2.24, 2.45) is 0 Å². The maximum Gasteiger partial charge on any atom is 0.0446 e. The summed E-state index contributed by atoms with van der Waals surface area (Å²) in [4.78, 5) is 0. The molecule has 0 aromatic heterocycles. The van der Waals surface area contributed by atoms with Crippen molar-refractivity contribution in [1.29, 1.82) is 0 Å². The Hall–Kier alpha value is 0.420. The first kappa shape index (κ1) is 16.8. The summed E-state index contributed by atoms with van der Waals surface area (Å²) in [5, 5.41) is 1.68. The molecule has 0 amide bonds. The van der Waals surface area contributed by atoms with Crippen LogP contribution in [0.3, 0.4) is 0 Å². The Labute approximate surface area is 145 Å². The zero-order valence-electron chi connectivity index (χ0n) is 10.4. The quantitative estimate of drug-likeness (QED) is 0.363. The molecule has 0 unspecified atom stereocenters. The third kappa shape index (κ3) is 5.66. The first-order valence-electron chi connectivity index (χ1n) is 5.82. The van der Waals surface area contributed by atoms with Crippen molar-refractivity contribution in [1.82, 2.24) is 0 Å². The summed E-state index contributed by atoms with van der Waals surface area (Å²) >= 11 is 12.2. The molecule has 0 fully saturated rings. The Morgan fingerprint density at radius 1 is 0.650 bits per heavy atom. The van der Waals surface area contributed by atoms with Gasteiger partial charge in [0, 0.05) is 21.6 Å². The van der Waals surface area contributed by atoms with Crippen LogP contribution < -0.4 is 0 Å². The molecule has 6 heteroatoms. The number of halogens is 2. The molecule has 0 nitrogen and oxygen atoms in total. The second kappa shape index (κ2) is 9.44. The lowest BCUT2D eigenvalue weighted by Crippen LogP contribution is -1.79. The highest BCUT2D eigenvalue weighted by Gasteiger charge is 2.02. The second-order valence-electron chi connectivity index (χ2n) is 3.84. The molecular formula is C14H12Cl2S4. The fourth-order valence-electron chi connectivity index (χ4n) is 1.45. The number of hydrogen-bond acceptors (Lipinski definition) is 4. The minimum Gasteiger partial charge on any atom is -0.0840 e. The van der Waals surface area contributed by atoms with Crippen LogP contribution in [0.25, 0.3) is 0 Å². The van der Waals surface area contributed by atoms with E-state index in [1.54, 1.807) is 41.2 Å². The average Bonchev–Trinajstić information content (AvgIpc) is 2.46. The van der Waals surface area contributed by atoms with Gasteiger partial charge in [-0.25, -0.2) is 0 Å². The Morgan fingerprint density at radius 2 is 1.05 bits per heavy atom. The molecule has 0 aliphatic heterocycles. The van der Waals surface area contributed by atoms with Gasteiger partial charge in [-0.2, -0.15) is 0 Å². The van der Waals surface area contributed by atoms with E-state index < -0.39 is 0 Å². The van der Waals surface area contributed by atoms with Crippen molar-refractivity contribution < 1.29 is 0 Å². The van der Waals surface area contributed by atoms with Gasteiger partial charge < -0.3 is 0 Å². The third-order valence-electron chi connectivity index (χ3n) is 2.47. The van der Waals surface area contributed by atoms with Gasteiger partial charge in [0.05, 0.1) is 0 Å². The predicted molar refractivity (Wildman–Crippen MR) is 101 cm³/mol. The monoisotopic (exact) mass is 378 g/mol. The van der Waals surface area contributed by atoms with Gasteiger partial charge in [0.2, 0.25) is 0 Å². The van der Waals surface area contributed by atoms with Gasteiger partial charge in [0.25, 0.3) is 0 Å².